The van der Waals surface area contributed by atoms with Crippen LogP contribution in [0.15, 0.2) is 20.5 Å². The Balaban J connectivity index is 2.10. The summed E-state index contributed by atoms with van der Waals surface area (Å²) in [6.45, 7) is 2.12. The largest absolute Gasteiger partial charge is 0.384 e. The Labute approximate surface area is 148 Å². The lowest BCUT2D eigenvalue weighted by molar-refractivity contribution is 0.601. The van der Waals surface area contributed by atoms with E-state index in [1.165, 1.54) is 22.3 Å². The maximum Gasteiger partial charge on any atom is 0.329 e. The van der Waals surface area contributed by atoms with Crippen molar-refractivity contribution in [1.29, 1.82) is 5.26 Å². The molecule has 7 nitrogen and oxygen atoms in total. The first-order valence-electron chi connectivity index (χ1n) is 8.27. The standard InChI is InChI=1S/C17H19N5O2S/c1-2-22-14(19)13(15(23)21-17(22)24)12-9-25-16(20-12)11(8-18)10-6-4-3-5-7-10/h9H,2-7,19H2,1H3,(H,21,23,24). The Bertz CT molecular complexity index is 982. The number of hydrogen-bond acceptors (Lipinski definition) is 6. The molecule has 3 rings (SSSR count). The molecule has 1 fully saturated rings. The van der Waals surface area contributed by atoms with Crippen molar-refractivity contribution >= 4 is 22.7 Å². The van der Waals surface area contributed by atoms with Crippen LogP contribution < -0.4 is 17.0 Å². The van der Waals surface area contributed by atoms with Gasteiger partial charge in [0.1, 0.15) is 22.5 Å². The average Bonchev–Trinajstić information content (AvgIpc) is 3.06. The number of nitrogens with zero attached hydrogens (tertiary/aromatic N) is 3. The van der Waals surface area contributed by atoms with E-state index in [9.17, 15) is 14.9 Å². The van der Waals surface area contributed by atoms with Crippen molar-refractivity contribution in [2.45, 2.75) is 45.6 Å². The Morgan fingerprint density at radius 3 is 2.76 bits per heavy atom. The van der Waals surface area contributed by atoms with Crippen molar-refractivity contribution in [2.75, 3.05) is 5.73 Å². The molecule has 1 aliphatic carbocycles. The van der Waals surface area contributed by atoms with Gasteiger partial charge in [0.25, 0.3) is 5.56 Å². The summed E-state index contributed by atoms with van der Waals surface area (Å²) in [5, 5.41) is 11.9. The van der Waals surface area contributed by atoms with Gasteiger partial charge in [0.2, 0.25) is 0 Å². The molecular formula is C17H19N5O2S. The quantitative estimate of drug-likeness (QED) is 0.818. The molecule has 8 heteroatoms. The predicted octanol–water partition coefficient (Wildman–Crippen LogP) is 2.50. The number of nitriles is 1. The van der Waals surface area contributed by atoms with Gasteiger partial charge >= 0.3 is 5.69 Å². The lowest BCUT2D eigenvalue weighted by Crippen LogP contribution is -2.32. The van der Waals surface area contributed by atoms with Crippen molar-refractivity contribution < 1.29 is 0 Å². The number of thiazole rings is 1. The number of rotatable bonds is 3. The molecule has 2 heterocycles. The van der Waals surface area contributed by atoms with Gasteiger partial charge in [-0.15, -0.1) is 11.3 Å². The number of anilines is 1. The van der Waals surface area contributed by atoms with Crippen LogP contribution in [-0.2, 0) is 6.54 Å². The number of hydrogen-bond donors (Lipinski definition) is 2. The van der Waals surface area contributed by atoms with Crippen LogP contribution in [0.3, 0.4) is 0 Å². The zero-order valence-corrected chi connectivity index (χ0v) is 14.8. The second kappa shape index (κ2) is 7.07. The molecule has 0 saturated heterocycles. The Kier molecular flexibility index (Phi) is 4.86. The number of nitrogen functional groups attached to an aromatic ring is 1. The third-order valence-electron chi connectivity index (χ3n) is 4.45. The summed E-state index contributed by atoms with van der Waals surface area (Å²) in [6.07, 6.45) is 5.21. The molecule has 0 aliphatic heterocycles. The first kappa shape index (κ1) is 17.2. The fourth-order valence-electron chi connectivity index (χ4n) is 3.16. The summed E-state index contributed by atoms with van der Waals surface area (Å²) in [7, 11) is 0. The van der Waals surface area contributed by atoms with Crippen molar-refractivity contribution in [3.05, 3.63) is 36.8 Å². The van der Waals surface area contributed by atoms with E-state index >= 15 is 0 Å². The van der Waals surface area contributed by atoms with Gasteiger partial charge in [0.15, 0.2) is 0 Å². The average molecular weight is 357 g/mol. The zero-order valence-electron chi connectivity index (χ0n) is 14.0. The highest BCUT2D eigenvalue weighted by molar-refractivity contribution is 7.11. The minimum Gasteiger partial charge on any atom is -0.384 e. The molecule has 2 aromatic heterocycles. The molecule has 0 aromatic carbocycles. The van der Waals surface area contributed by atoms with E-state index in [2.05, 4.69) is 16.0 Å². The van der Waals surface area contributed by atoms with Crippen LogP contribution in [0.25, 0.3) is 16.8 Å². The van der Waals surface area contributed by atoms with Crippen molar-refractivity contribution in [3.63, 3.8) is 0 Å². The van der Waals surface area contributed by atoms with E-state index in [1.54, 1.807) is 12.3 Å². The second-order valence-corrected chi connectivity index (χ2v) is 6.81. The lowest BCUT2D eigenvalue weighted by Gasteiger charge is -2.14. The molecule has 1 aliphatic rings. The minimum absolute atomic E-state index is 0.0944. The van der Waals surface area contributed by atoms with Gasteiger partial charge in [0, 0.05) is 11.9 Å². The monoisotopic (exact) mass is 357 g/mol. The Hall–Kier alpha value is -2.66. The van der Waals surface area contributed by atoms with Gasteiger partial charge in [-0.05, 0) is 38.2 Å². The van der Waals surface area contributed by atoms with Gasteiger partial charge in [0.05, 0.1) is 11.3 Å². The van der Waals surface area contributed by atoms with E-state index in [0.29, 0.717) is 22.8 Å². The number of nitrogens with two attached hydrogens (primary N) is 1. The van der Waals surface area contributed by atoms with Gasteiger partial charge in [-0.2, -0.15) is 5.26 Å². The molecule has 3 N–H and O–H groups in total. The van der Waals surface area contributed by atoms with Crippen LogP contribution in [0.1, 0.15) is 44.0 Å². The number of H-pyrrole nitrogens is 1. The molecule has 0 atom stereocenters. The van der Waals surface area contributed by atoms with E-state index in [-0.39, 0.29) is 11.4 Å². The molecule has 2 aromatic rings. The number of aromatic amines is 1. The molecule has 0 amide bonds. The van der Waals surface area contributed by atoms with Crippen LogP contribution in [0.2, 0.25) is 0 Å². The van der Waals surface area contributed by atoms with Gasteiger partial charge in [-0.3, -0.25) is 14.3 Å². The summed E-state index contributed by atoms with van der Waals surface area (Å²) < 4.78 is 1.29. The zero-order chi connectivity index (χ0) is 18.0. The second-order valence-electron chi connectivity index (χ2n) is 5.95. The van der Waals surface area contributed by atoms with E-state index < -0.39 is 11.2 Å². The molecule has 0 spiro atoms. The fourth-order valence-corrected chi connectivity index (χ4v) is 4.01. The molecule has 0 unspecified atom stereocenters. The summed E-state index contributed by atoms with van der Waals surface area (Å²) in [6, 6.07) is 2.27. The molecule has 130 valence electrons. The van der Waals surface area contributed by atoms with Crippen molar-refractivity contribution in [3.8, 4) is 17.3 Å². The molecule has 25 heavy (non-hydrogen) atoms. The number of aromatic nitrogens is 3. The summed E-state index contributed by atoms with van der Waals surface area (Å²) in [4.78, 5) is 30.8. The fraction of sp³-hybridized carbons (Fsp3) is 0.412. The first-order chi connectivity index (χ1) is 12.1. The maximum absolute atomic E-state index is 12.2. The van der Waals surface area contributed by atoms with Crippen molar-refractivity contribution in [1.82, 2.24) is 14.5 Å². The topological polar surface area (TPSA) is 118 Å². The van der Waals surface area contributed by atoms with Gasteiger partial charge in [-0.25, -0.2) is 9.78 Å². The first-order valence-corrected chi connectivity index (χ1v) is 9.15. The SMILES string of the molecule is CCn1c(N)c(-c2csc(C(C#N)=C3CCCCC3)n2)c(=O)[nH]c1=O. The summed E-state index contributed by atoms with van der Waals surface area (Å²) >= 11 is 1.32. The third kappa shape index (κ3) is 3.15. The molecule has 0 radical (unpaired) electrons. The lowest BCUT2D eigenvalue weighted by atomic mass is 9.91. The van der Waals surface area contributed by atoms with Crippen LogP contribution in [0.4, 0.5) is 5.82 Å². The van der Waals surface area contributed by atoms with Crippen LogP contribution in [-0.4, -0.2) is 14.5 Å². The van der Waals surface area contributed by atoms with Crippen LogP contribution >= 0.6 is 11.3 Å². The molecule has 1 saturated carbocycles. The van der Waals surface area contributed by atoms with E-state index in [1.807, 2.05) is 0 Å². The normalized spacial score (nSPS) is 14.3. The highest BCUT2D eigenvalue weighted by Gasteiger charge is 2.19. The highest BCUT2D eigenvalue weighted by Crippen LogP contribution is 2.33. The molecule has 0 bridgehead atoms. The highest BCUT2D eigenvalue weighted by atomic mass is 32.1. The van der Waals surface area contributed by atoms with Gasteiger partial charge in [-0.1, -0.05) is 6.42 Å². The maximum atomic E-state index is 12.2. The van der Waals surface area contributed by atoms with Crippen LogP contribution in [0, 0.1) is 11.3 Å². The van der Waals surface area contributed by atoms with E-state index in [4.69, 9.17) is 5.73 Å². The molecular weight excluding hydrogens is 338 g/mol. The Morgan fingerprint density at radius 1 is 1.40 bits per heavy atom. The van der Waals surface area contributed by atoms with Crippen LogP contribution in [0.5, 0.6) is 0 Å². The number of nitrogens with one attached hydrogen (secondary N) is 1. The number of allylic oxidation sites excluding steroid dienone is 2. The van der Waals surface area contributed by atoms with E-state index in [0.717, 1.165) is 31.3 Å². The van der Waals surface area contributed by atoms with Crippen molar-refractivity contribution in [2.24, 2.45) is 0 Å². The third-order valence-corrected chi connectivity index (χ3v) is 5.31. The van der Waals surface area contributed by atoms with Gasteiger partial charge < -0.3 is 5.73 Å². The Morgan fingerprint density at radius 2 is 2.12 bits per heavy atom. The smallest absolute Gasteiger partial charge is 0.329 e. The predicted molar refractivity (Wildman–Crippen MR) is 98.1 cm³/mol. The minimum atomic E-state index is -0.562. The summed E-state index contributed by atoms with van der Waals surface area (Å²) in [5.41, 5.74) is 7.23. The summed E-state index contributed by atoms with van der Waals surface area (Å²) in [5.74, 6) is 0.0944.